The lowest BCUT2D eigenvalue weighted by Crippen LogP contribution is -1.88. The molecule has 0 amide bonds. The quantitative estimate of drug-likeness (QED) is 0.783. The molecule has 1 heterocycles. The predicted molar refractivity (Wildman–Crippen MR) is 53.1 cm³/mol. The third-order valence-corrected chi connectivity index (χ3v) is 1.95. The number of aromatic amines is 1. The van der Waals surface area contributed by atoms with Crippen LogP contribution in [0, 0.1) is 6.92 Å². The summed E-state index contributed by atoms with van der Waals surface area (Å²) in [5.41, 5.74) is 0.902. The number of methoxy groups -OCH3 is 1. The summed E-state index contributed by atoms with van der Waals surface area (Å²) in [4.78, 5) is 4.24. The number of ether oxygens (including phenoxy) is 1. The van der Waals surface area contributed by atoms with E-state index in [-0.39, 0.29) is 0 Å². The van der Waals surface area contributed by atoms with E-state index in [1.807, 2.05) is 31.2 Å². The molecule has 1 N–H and O–H groups in total. The Morgan fingerprint density at radius 2 is 2.07 bits per heavy atom. The number of nitrogens with one attached hydrogen (secondary N) is 1. The summed E-state index contributed by atoms with van der Waals surface area (Å²) in [6, 6.07) is 7.67. The molecule has 0 atom stereocenters. The maximum absolute atomic E-state index is 5.22. The zero-order chi connectivity index (χ0) is 9.97. The van der Waals surface area contributed by atoms with Crippen LogP contribution in [0.5, 0.6) is 5.75 Å². The summed E-state index contributed by atoms with van der Waals surface area (Å²) in [5, 5.41) is 6.88. The van der Waals surface area contributed by atoms with Crippen LogP contribution < -0.4 is 4.74 Å². The SMILES string of the molecule is COc1ccccc1-c1n[nH]c(C)n1. The minimum atomic E-state index is 0.667. The van der Waals surface area contributed by atoms with Gasteiger partial charge in [-0.25, -0.2) is 4.98 Å². The van der Waals surface area contributed by atoms with Gasteiger partial charge >= 0.3 is 0 Å². The molecule has 0 unspecified atom stereocenters. The van der Waals surface area contributed by atoms with Crippen LogP contribution in [0.3, 0.4) is 0 Å². The third kappa shape index (κ3) is 1.46. The number of rotatable bonds is 2. The van der Waals surface area contributed by atoms with Gasteiger partial charge in [-0.2, -0.15) is 5.10 Å². The van der Waals surface area contributed by atoms with Crippen LogP contribution in [0.25, 0.3) is 11.4 Å². The maximum atomic E-state index is 5.22. The van der Waals surface area contributed by atoms with Gasteiger partial charge < -0.3 is 4.74 Å². The second kappa shape index (κ2) is 3.49. The molecule has 0 aliphatic heterocycles. The molecule has 0 aliphatic rings. The van der Waals surface area contributed by atoms with Crippen molar-refractivity contribution in [3.8, 4) is 17.1 Å². The number of aryl methyl sites for hydroxylation is 1. The molecule has 0 bridgehead atoms. The summed E-state index contributed by atoms with van der Waals surface area (Å²) in [7, 11) is 1.64. The number of hydrogen-bond acceptors (Lipinski definition) is 3. The highest BCUT2D eigenvalue weighted by Crippen LogP contribution is 2.26. The van der Waals surface area contributed by atoms with Crippen LogP contribution in [-0.4, -0.2) is 22.3 Å². The van der Waals surface area contributed by atoms with Crippen LogP contribution in [0.1, 0.15) is 5.82 Å². The van der Waals surface area contributed by atoms with Gasteiger partial charge in [-0.1, -0.05) is 12.1 Å². The van der Waals surface area contributed by atoms with Crippen molar-refractivity contribution in [2.24, 2.45) is 0 Å². The number of H-pyrrole nitrogens is 1. The molecule has 0 radical (unpaired) electrons. The molecule has 72 valence electrons. The van der Waals surface area contributed by atoms with Crippen LogP contribution in [0.15, 0.2) is 24.3 Å². The highest BCUT2D eigenvalue weighted by molar-refractivity contribution is 5.63. The van der Waals surface area contributed by atoms with Gasteiger partial charge in [0.25, 0.3) is 0 Å². The van der Waals surface area contributed by atoms with Gasteiger partial charge in [-0.05, 0) is 19.1 Å². The normalized spacial score (nSPS) is 10.1. The molecule has 1 aromatic carbocycles. The standard InChI is InChI=1S/C10H11N3O/c1-7-11-10(13-12-7)8-5-3-4-6-9(8)14-2/h3-6H,1-2H3,(H,11,12,13). The van der Waals surface area contributed by atoms with Crippen molar-refractivity contribution in [3.05, 3.63) is 30.1 Å². The van der Waals surface area contributed by atoms with Crippen molar-refractivity contribution in [2.45, 2.75) is 6.92 Å². The smallest absolute Gasteiger partial charge is 0.184 e. The van der Waals surface area contributed by atoms with E-state index < -0.39 is 0 Å². The number of nitrogens with zero attached hydrogens (tertiary/aromatic N) is 2. The van der Waals surface area contributed by atoms with Crippen LogP contribution in [0.2, 0.25) is 0 Å². The molecule has 2 aromatic rings. The number of para-hydroxylation sites is 1. The van der Waals surface area contributed by atoms with Gasteiger partial charge in [-0.3, -0.25) is 5.10 Å². The summed E-state index contributed by atoms with van der Waals surface area (Å²) >= 11 is 0. The second-order valence-corrected chi connectivity index (χ2v) is 2.94. The molecule has 0 aliphatic carbocycles. The molecule has 4 nitrogen and oxygen atoms in total. The molecule has 2 rings (SSSR count). The van der Waals surface area contributed by atoms with Crippen LogP contribution >= 0.6 is 0 Å². The Hall–Kier alpha value is -1.84. The van der Waals surface area contributed by atoms with Gasteiger partial charge in [-0.15, -0.1) is 0 Å². The first-order chi connectivity index (χ1) is 6.81. The monoisotopic (exact) mass is 189 g/mol. The number of benzene rings is 1. The molecule has 0 saturated carbocycles. The van der Waals surface area contributed by atoms with Crippen molar-refractivity contribution < 1.29 is 4.74 Å². The summed E-state index contributed by atoms with van der Waals surface area (Å²) < 4.78 is 5.22. The Balaban J connectivity index is 2.50. The van der Waals surface area contributed by atoms with E-state index in [9.17, 15) is 0 Å². The van der Waals surface area contributed by atoms with Crippen molar-refractivity contribution in [2.75, 3.05) is 7.11 Å². The Bertz CT molecular complexity index is 436. The lowest BCUT2D eigenvalue weighted by molar-refractivity contribution is 0.416. The van der Waals surface area contributed by atoms with Crippen molar-refractivity contribution in [1.82, 2.24) is 15.2 Å². The second-order valence-electron chi connectivity index (χ2n) is 2.94. The minimum Gasteiger partial charge on any atom is -0.496 e. The van der Waals surface area contributed by atoms with Crippen LogP contribution in [-0.2, 0) is 0 Å². The largest absolute Gasteiger partial charge is 0.496 e. The van der Waals surface area contributed by atoms with Gasteiger partial charge in [0, 0.05) is 0 Å². The van der Waals surface area contributed by atoms with E-state index in [2.05, 4.69) is 15.2 Å². The first-order valence-electron chi connectivity index (χ1n) is 4.33. The Labute approximate surface area is 81.9 Å². The van der Waals surface area contributed by atoms with Crippen LogP contribution in [0.4, 0.5) is 0 Å². The van der Waals surface area contributed by atoms with E-state index in [0.717, 1.165) is 17.1 Å². The molecular formula is C10H11N3O. The molecule has 0 fully saturated rings. The van der Waals surface area contributed by atoms with E-state index >= 15 is 0 Å². The van der Waals surface area contributed by atoms with Gasteiger partial charge in [0.15, 0.2) is 5.82 Å². The van der Waals surface area contributed by atoms with E-state index in [4.69, 9.17) is 4.74 Å². The van der Waals surface area contributed by atoms with Crippen molar-refractivity contribution >= 4 is 0 Å². The predicted octanol–water partition coefficient (Wildman–Crippen LogP) is 1.79. The first-order valence-corrected chi connectivity index (χ1v) is 4.33. The fourth-order valence-electron chi connectivity index (χ4n) is 1.29. The van der Waals surface area contributed by atoms with Crippen molar-refractivity contribution in [3.63, 3.8) is 0 Å². The fourth-order valence-corrected chi connectivity index (χ4v) is 1.29. The fraction of sp³-hybridized carbons (Fsp3) is 0.200. The molecule has 4 heteroatoms. The van der Waals surface area contributed by atoms with E-state index in [0.29, 0.717) is 5.82 Å². The minimum absolute atomic E-state index is 0.667. The van der Waals surface area contributed by atoms with Crippen molar-refractivity contribution in [1.29, 1.82) is 0 Å². The zero-order valence-electron chi connectivity index (χ0n) is 8.11. The number of aromatic nitrogens is 3. The lowest BCUT2D eigenvalue weighted by atomic mass is 10.2. The lowest BCUT2D eigenvalue weighted by Gasteiger charge is -2.03. The molecule has 1 aromatic heterocycles. The topological polar surface area (TPSA) is 50.8 Å². The average Bonchev–Trinajstić information content (AvgIpc) is 2.65. The third-order valence-electron chi connectivity index (χ3n) is 1.95. The number of hydrogen-bond donors (Lipinski definition) is 1. The maximum Gasteiger partial charge on any atom is 0.184 e. The zero-order valence-corrected chi connectivity index (χ0v) is 8.11. The van der Waals surface area contributed by atoms with Gasteiger partial charge in [0.2, 0.25) is 0 Å². The molecule has 14 heavy (non-hydrogen) atoms. The summed E-state index contributed by atoms with van der Waals surface area (Å²) in [6.07, 6.45) is 0. The molecule has 0 spiro atoms. The molecule has 0 saturated heterocycles. The van der Waals surface area contributed by atoms with Gasteiger partial charge in [0.05, 0.1) is 12.7 Å². The highest BCUT2D eigenvalue weighted by atomic mass is 16.5. The Kier molecular flexibility index (Phi) is 2.18. The van der Waals surface area contributed by atoms with Gasteiger partial charge in [0.1, 0.15) is 11.6 Å². The van der Waals surface area contributed by atoms with E-state index in [1.165, 1.54) is 0 Å². The Morgan fingerprint density at radius 3 is 2.71 bits per heavy atom. The first kappa shape index (κ1) is 8.74. The summed E-state index contributed by atoms with van der Waals surface area (Å²) in [6.45, 7) is 1.87. The molecular weight excluding hydrogens is 178 g/mol. The van der Waals surface area contributed by atoms with E-state index in [1.54, 1.807) is 7.11 Å². The Morgan fingerprint density at radius 1 is 1.29 bits per heavy atom. The summed E-state index contributed by atoms with van der Waals surface area (Å²) in [5.74, 6) is 2.25. The average molecular weight is 189 g/mol. The highest BCUT2D eigenvalue weighted by Gasteiger charge is 2.08.